The van der Waals surface area contributed by atoms with Crippen LogP contribution in [0.25, 0.3) is 0 Å². The molecule has 2 amide bonds. The Morgan fingerprint density at radius 2 is 1.88 bits per heavy atom. The number of aliphatic hydroxyl groups is 1. The molecule has 1 aliphatic carbocycles. The number of benzene rings is 1. The molecule has 0 saturated heterocycles. The van der Waals surface area contributed by atoms with Crippen LogP contribution < -0.4 is 5.32 Å². The number of carbonyl (C=O) groups excluding carboxylic acids is 2. The minimum atomic E-state index is -0.449. The number of nitrogens with one attached hydrogen (secondary N) is 1. The summed E-state index contributed by atoms with van der Waals surface area (Å²) in [6.07, 6.45) is 3.93. The minimum Gasteiger partial charge on any atom is -0.503 e. The van der Waals surface area contributed by atoms with Gasteiger partial charge in [-0.2, -0.15) is 0 Å². The van der Waals surface area contributed by atoms with Crippen molar-refractivity contribution < 1.29 is 14.7 Å². The van der Waals surface area contributed by atoms with Gasteiger partial charge in [-0.05, 0) is 44.1 Å². The van der Waals surface area contributed by atoms with E-state index in [2.05, 4.69) is 29.6 Å². The summed E-state index contributed by atoms with van der Waals surface area (Å²) in [5, 5.41) is 12.9. The van der Waals surface area contributed by atoms with Crippen LogP contribution in [0.1, 0.15) is 44.1 Å². The number of hydrogen-bond donors (Lipinski definition) is 2. The maximum Gasteiger partial charge on any atom is 0.289 e. The van der Waals surface area contributed by atoms with Crippen LogP contribution in [0.15, 0.2) is 41.7 Å². The van der Waals surface area contributed by atoms with Crippen molar-refractivity contribution >= 4 is 11.8 Å². The maximum atomic E-state index is 12.4. The lowest BCUT2D eigenvalue weighted by atomic mass is 9.82. The Hall–Kier alpha value is -2.30. The van der Waals surface area contributed by atoms with Crippen molar-refractivity contribution in [2.45, 2.75) is 44.6 Å². The van der Waals surface area contributed by atoms with Crippen LogP contribution in [0.4, 0.5) is 0 Å². The Bertz CT molecular complexity index is 646. The summed E-state index contributed by atoms with van der Waals surface area (Å²) >= 11 is 0. The van der Waals surface area contributed by atoms with Gasteiger partial charge in [0, 0.05) is 12.6 Å². The summed E-state index contributed by atoms with van der Waals surface area (Å²) in [6, 6.07) is 10.6. The third kappa shape index (κ3) is 3.30. The average molecular weight is 328 g/mol. The van der Waals surface area contributed by atoms with E-state index in [0.717, 1.165) is 25.7 Å². The highest BCUT2D eigenvalue weighted by atomic mass is 16.3. The normalized spacial score (nSPS) is 24.4. The van der Waals surface area contributed by atoms with E-state index in [1.807, 2.05) is 13.0 Å². The fourth-order valence-electron chi connectivity index (χ4n) is 3.62. The minimum absolute atomic E-state index is 0.114. The van der Waals surface area contributed by atoms with Crippen molar-refractivity contribution in [2.75, 3.05) is 13.1 Å². The van der Waals surface area contributed by atoms with Crippen molar-refractivity contribution in [1.82, 2.24) is 10.2 Å². The van der Waals surface area contributed by atoms with E-state index in [4.69, 9.17) is 0 Å². The van der Waals surface area contributed by atoms with E-state index in [1.165, 1.54) is 10.5 Å². The zero-order valence-corrected chi connectivity index (χ0v) is 14.0. The predicted molar refractivity (Wildman–Crippen MR) is 91.5 cm³/mol. The molecule has 5 heteroatoms. The van der Waals surface area contributed by atoms with Crippen LogP contribution in [0.5, 0.6) is 0 Å². The zero-order valence-electron chi connectivity index (χ0n) is 14.0. The summed E-state index contributed by atoms with van der Waals surface area (Å²) < 4.78 is 0. The van der Waals surface area contributed by atoms with Crippen LogP contribution in [0, 0.1) is 0 Å². The second-order valence-corrected chi connectivity index (χ2v) is 6.58. The molecule has 0 unspecified atom stereocenters. The van der Waals surface area contributed by atoms with Crippen LogP contribution in [-0.2, 0) is 9.59 Å². The highest BCUT2D eigenvalue weighted by molar-refractivity contribution is 6.07. The van der Waals surface area contributed by atoms with Crippen LogP contribution in [-0.4, -0.2) is 41.0 Å². The molecule has 0 aromatic heterocycles. The Kier molecular flexibility index (Phi) is 4.88. The molecule has 3 rings (SSSR count). The molecule has 24 heavy (non-hydrogen) atoms. The van der Waals surface area contributed by atoms with E-state index in [0.29, 0.717) is 12.5 Å². The van der Waals surface area contributed by atoms with E-state index >= 15 is 0 Å². The average Bonchev–Trinajstić information content (AvgIpc) is 2.91. The van der Waals surface area contributed by atoms with Gasteiger partial charge in [0.2, 0.25) is 0 Å². The van der Waals surface area contributed by atoms with Gasteiger partial charge in [0.1, 0.15) is 0 Å². The van der Waals surface area contributed by atoms with Gasteiger partial charge in [-0.15, -0.1) is 0 Å². The second-order valence-electron chi connectivity index (χ2n) is 6.58. The van der Waals surface area contributed by atoms with Crippen LogP contribution in [0.2, 0.25) is 0 Å². The molecule has 0 radical (unpaired) electrons. The van der Waals surface area contributed by atoms with Crippen molar-refractivity contribution in [1.29, 1.82) is 0 Å². The van der Waals surface area contributed by atoms with Gasteiger partial charge >= 0.3 is 0 Å². The topological polar surface area (TPSA) is 69.6 Å². The Morgan fingerprint density at radius 1 is 1.21 bits per heavy atom. The van der Waals surface area contributed by atoms with Gasteiger partial charge in [0.15, 0.2) is 5.76 Å². The maximum absolute atomic E-state index is 12.4. The van der Waals surface area contributed by atoms with Gasteiger partial charge in [0.05, 0.1) is 12.1 Å². The molecule has 0 atom stereocenters. The fourth-order valence-corrected chi connectivity index (χ4v) is 3.62. The number of hydrogen-bond acceptors (Lipinski definition) is 3. The number of rotatable bonds is 4. The van der Waals surface area contributed by atoms with Gasteiger partial charge in [-0.25, -0.2) is 0 Å². The van der Waals surface area contributed by atoms with Crippen molar-refractivity contribution in [2.24, 2.45) is 0 Å². The first-order chi connectivity index (χ1) is 11.6. The molecule has 1 heterocycles. The summed E-state index contributed by atoms with van der Waals surface area (Å²) in [5.41, 5.74) is 1.56. The third-order valence-corrected chi connectivity index (χ3v) is 5.11. The summed E-state index contributed by atoms with van der Waals surface area (Å²) in [4.78, 5) is 25.6. The van der Waals surface area contributed by atoms with Gasteiger partial charge in [-0.1, -0.05) is 30.3 Å². The molecule has 5 nitrogen and oxygen atoms in total. The van der Waals surface area contributed by atoms with Gasteiger partial charge in [-0.3, -0.25) is 9.59 Å². The van der Waals surface area contributed by atoms with Crippen LogP contribution >= 0.6 is 0 Å². The lowest BCUT2D eigenvalue weighted by molar-refractivity contribution is -0.127. The van der Waals surface area contributed by atoms with E-state index in [-0.39, 0.29) is 24.1 Å². The predicted octanol–water partition coefficient (Wildman–Crippen LogP) is 2.50. The highest BCUT2D eigenvalue weighted by Gasteiger charge is 2.34. The number of nitrogens with zero attached hydrogens (tertiary/aromatic N) is 1. The van der Waals surface area contributed by atoms with Gasteiger partial charge < -0.3 is 15.3 Å². The first kappa shape index (κ1) is 16.6. The molecule has 0 bridgehead atoms. The first-order valence-electron chi connectivity index (χ1n) is 8.67. The van der Waals surface area contributed by atoms with Crippen molar-refractivity contribution in [3.8, 4) is 0 Å². The summed E-state index contributed by atoms with van der Waals surface area (Å²) in [5.74, 6) is -0.599. The number of likely N-dealkylation sites (N-methyl/N-ethyl adjacent to an activating group) is 1. The second kappa shape index (κ2) is 7.07. The fraction of sp³-hybridized carbons (Fsp3) is 0.474. The Balaban J connectivity index is 1.55. The highest BCUT2D eigenvalue weighted by Crippen LogP contribution is 2.32. The van der Waals surface area contributed by atoms with Gasteiger partial charge in [0.25, 0.3) is 11.8 Å². The molecule has 2 N–H and O–H groups in total. The standard InChI is InChI=1S/C19H24N2O3/c1-2-21-12-16(17(22)19(21)24)18(23)20-15-10-8-14(9-11-15)13-6-4-3-5-7-13/h3-7,14-15,22H,2,8-12H2,1H3,(H,20,23). The monoisotopic (exact) mass is 328 g/mol. The molecule has 1 fully saturated rings. The molecule has 1 aromatic carbocycles. The number of carbonyl (C=O) groups is 2. The van der Waals surface area contributed by atoms with Crippen molar-refractivity contribution in [3.05, 3.63) is 47.2 Å². The van der Waals surface area contributed by atoms with E-state index in [1.54, 1.807) is 0 Å². The quantitative estimate of drug-likeness (QED) is 0.892. The first-order valence-corrected chi connectivity index (χ1v) is 8.67. The largest absolute Gasteiger partial charge is 0.503 e. The molecule has 1 aliphatic heterocycles. The summed E-state index contributed by atoms with van der Waals surface area (Å²) in [7, 11) is 0. The van der Waals surface area contributed by atoms with Crippen molar-refractivity contribution in [3.63, 3.8) is 0 Å². The van der Waals surface area contributed by atoms with Crippen LogP contribution in [0.3, 0.4) is 0 Å². The molecule has 2 aliphatic rings. The Morgan fingerprint density at radius 3 is 2.46 bits per heavy atom. The lowest BCUT2D eigenvalue weighted by Gasteiger charge is -2.29. The molecular weight excluding hydrogens is 304 g/mol. The van der Waals surface area contributed by atoms with E-state index < -0.39 is 11.7 Å². The number of amides is 2. The molecule has 1 saturated carbocycles. The summed E-state index contributed by atoms with van der Waals surface area (Å²) in [6.45, 7) is 2.52. The molecule has 0 spiro atoms. The third-order valence-electron chi connectivity index (χ3n) is 5.11. The molecule has 128 valence electrons. The zero-order chi connectivity index (χ0) is 17.1. The SMILES string of the molecule is CCN1CC(C(=O)NC2CCC(c3ccccc3)CC2)=C(O)C1=O. The molecule has 1 aromatic rings. The smallest absolute Gasteiger partial charge is 0.289 e. The van der Waals surface area contributed by atoms with E-state index in [9.17, 15) is 14.7 Å². The molecular formula is C19H24N2O3. The lowest BCUT2D eigenvalue weighted by Crippen LogP contribution is -2.39. The Labute approximate surface area is 142 Å². The number of aliphatic hydroxyl groups excluding tert-OH is 1.